The van der Waals surface area contributed by atoms with Crippen molar-refractivity contribution in [2.24, 2.45) is 7.05 Å². The van der Waals surface area contributed by atoms with Gasteiger partial charge in [0, 0.05) is 13.2 Å². The molecule has 0 aliphatic heterocycles. The Morgan fingerprint density at radius 2 is 1.91 bits per heavy atom. The van der Waals surface area contributed by atoms with E-state index in [0.717, 1.165) is 16.7 Å². The van der Waals surface area contributed by atoms with E-state index in [1.54, 1.807) is 17.9 Å². The molecular weight excluding hydrogens is 304 g/mol. The topological polar surface area (TPSA) is 73.1 Å². The molecule has 0 amide bonds. The maximum absolute atomic E-state index is 9.26. The summed E-state index contributed by atoms with van der Waals surface area (Å²) in [7, 11) is 1.80. The number of hydrogen-bond donors (Lipinski definition) is 1. The molecule has 3 rings (SSSR count). The van der Waals surface area contributed by atoms with Crippen molar-refractivity contribution < 1.29 is 9.84 Å². The van der Waals surface area contributed by atoms with Crippen molar-refractivity contribution in [3.63, 3.8) is 0 Å². The standard InChI is InChI=1S/C15H15ClN4O2/c1-8-4-10(7-21)5-9(2)12(8)22-14-11-6-20(3)19-13(11)17-15(16)18-14/h4-6,21H,7H2,1-3H3. The van der Waals surface area contributed by atoms with Crippen LogP contribution in [0.3, 0.4) is 0 Å². The third kappa shape index (κ3) is 2.63. The fourth-order valence-corrected chi connectivity index (χ4v) is 2.59. The van der Waals surface area contributed by atoms with Crippen LogP contribution in [0.4, 0.5) is 0 Å². The minimum absolute atomic E-state index is 0.00581. The molecule has 2 heterocycles. The average Bonchev–Trinajstić information content (AvgIpc) is 2.82. The van der Waals surface area contributed by atoms with E-state index >= 15 is 0 Å². The van der Waals surface area contributed by atoms with Crippen LogP contribution < -0.4 is 4.74 Å². The van der Waals surface area contributed by atoms with Crippen LogP contribution >= 0.6 is 11.6 Å². The highest BCUT2D eigenvalue weighted by molar-refractivity contribution is 6.28. The first kappa shape index (κ1) is 14.7. The van der Waals surface area contributed by atoms with E-state index in [1.807, 2.05) is 26.0 Å². The van der Waals surface area contributed by atoms with Gasteiger partial charge in [-0.25, -0.2) is 0 Å². The van der Waals surface area contributed by atoms with Gasteiger partial charge in [0.2, 0.25) is 11.2 Å². The lowest BCUT2D eigenvalue weighted by atomic mass is 10.1. The molecule has 0 saturated carbocycles. The molecule has 2 aromatic heterocycles. The number of hydrogen-bond acceptors (Lipinski definition) is 5. The molecule has 3 aromatic rings. The van der Waals surface area contributed by atoms with Gasteiger partial charge in [-0.05, 0) is 42.1 Å². The zero-order chi connectivity index (χ0) is 15.9. The second-order valence-electron chi connectivity index (χ2n) is 5.16. The van der Waals surface area contributed by atoms with Crippen LogP contribution in [-0.2, 0) is 13.7 Å². The Balaban J connectivity index is 2.10. The Kier molecular flexibility index (Phi) is 3.72. The van der Waals surface area contributed by atoms with Gasteiger partial charge in [0.05, 0.1) is 6.61 Å². The molecule has 0 atom stereocenters. The maximum atomic E-state index is 9.26. The van der Waals surface area contributed by atoms with Crippen LogP contribution in [-0.4, -0.2) is 24.9 Å². The van der Waals surface area contributed by atoms with E-state index in [4.69, 9.17) is 16.3 Å². The van der Waals surface area contributed by atoms with Gasteiger partial charge >= 0.3 is 0 Å². The second-order valence-corrected chi connectivity index (χ2v) is 5.49. The summed E-state index contributed by atoms with van der Waals surface area (Å²) in [6.07, 6.45) is 1.79. The first-order valence-corrected chi connectivity index (χ1v) is 7.11. The van der Waals surface area contributed by atoms with Crippen LogP contribution in [0.5, 0.6) is 11.6 Å². The SMILES string of the molecule is Cc1cc(CO)cc(C)c1Oc1nc(Cl)nc2nn(C)cc12. The van der Waals surface area contributed by atoms with E-state index in [2.05, 4.69) is 15.1 Å². The highest BCUT2D eigenvalue weighted by atomic mass is 35.5. The van der Waals surface area contributed by atoms with Gasteiger partial charge in [-0.3, -0.25) is 4.68 Å². The summed E-state index contributed by atoms with van der Waals surface area (Å²) in [6.45, 7) is 3.84. The summed E-state index contributed by atoms with van der Waals surface area (Å²) in [5, 5.41) is 14.3. The second kappa shape index (κ2) is 5.55. The molecule has 0 radical (unpaired) electrons. The van der Waals surface area contributed by atoms with Crippen molar-refractivity contribution in [3.05, 3.63) is 40.3 Å². The quantitative estimate of drug-likeness (QED) is 0.752. The Labute approximate surface area is 132 Å². The Hall–Kier alpha value is -2.18. The molecule has 0 aliphatic carbocycles. The summed E-state index contributed by atoms with van der Waals surface area (Å²) in [4.78, 5) is 8.24. The fourth-order valence-electron chi connectivity index (χ4n) is 2.43. The molecule has 1 N–H and O–H groups in total. The van der Waals surface area contributed by atoms with Crippen LogP contribution in [0.2, 0.25) is 5.28 Å². The number of rotatable bonds is 3. The van der Waals surface area contributed by atoms with E-state index < -0.39 is 0 Å². The molecule has 6 nitrogen and oxygen atoms in total. The summed E-state index contributed by atoms with van der Waals surface area (Å²) in [6, 6.07) is 3.76. The molecule has 0 aliphatic rings. The Bertz CT molecular complexity index is 837. The monoisotopic (exact) mass is 318 g/mol. The maximum Gasteiger partial charge on any atom is 0.234 e. The lowest BCUT2D eigenvalue weighted by Gasteiger charge is -2.13. The number of fused-ring (bicyclic) bond motifs is 1. The number of halogens is 1. The summed E-state index contributed by atoms with van der Waals surface area (Å²) in [5.41, 5.74) is 3.15. The van der Waals surface area contributed by atoms with Crippen LogP contribution in [0.1, 0.15) is 16.7 Å². The van der Waals surface area contributed by atoms with E-state index in [1.165, 1.54) is 0 Å². The van der Waals surface area contributed by atoms with Gasteiger partial charge in [0.25, 0.3) is 0 Å². The molecule has 0 spiro atoms. The number of ether oxygens (including phenoxy) is 1. The van der Waals surface area contributed by atoms with Gasteiger partial charge < -0.3 is 9.84 Å². The van der Waals surface area contributed by atoms with Crippen molar-refractivity contribution in [2.45, 2.75) is 20.5 Å². The predicted octanol–water partition coefficient (Wildman–Crippen LogP) is 2.92. The molecule has 114 valence electrons. The van der Waals surface area contributed by atoms with Crippen molar-refractivity contribution in [2.75, 3.05) is 0 Å². The number of aliphatic hydroxyl groups excluding tert-OH is 1. The van der Waals surface area contributed by atoms with E-state index in [-0.39, 0.29) is 11.9 Å². The number of aromatic nitrogens is 4. The van der Waals surface area contributed by atoms with E-state index in [9.17, 15) is 5.11 Å². The molecule has 0 unspecified atom stereocenters. The van der Waals surface area contributed by atoms with Crippen molar-refractivity contribution in [1.82, 2.24) is 19.7 Å². The van der Waals surface area contributed by atoms with Gasteiger partial charge in [0.15, 0.2) is 5.65 Å². The fraction of sp³-hybridized carbons (Fsp3) is 0.267. The van der Waals surface area contributed by atoms with Crippen LogP contribution in [0, 0.1) is 13.8 Å². The number of aryl methyl sites for hydroxylation is 3. The molecule has 22 heavy (non-hydrogen) atoms. The minimum Gasteiger partial charge on any atom is -0.438 e. The third-order valence-corrected chi connectivity index (χ3v) is 3.50. The van der Waals surface area contributed by atoms with Crippen LogP contribution in [0.25, 0.3) is 11.0 Å². The van der Waals surface area contributed by atoms with Crippen LogP contribution in [0.15, 0.2) is 18.3 Å². The molecule has 0 bridgehead atoms. The van der Waals surface area contributed by atoms with Gasteiger partial charge in [0.1, 0.15) is 11.1 Å². The smallest absolute Gasteiger partial charge is 0.234 e. The van der Waals surface area contributed by atoms with Gasteiger partial charge in [-0.2, -0.15) is 15.1 Å². The van der Waals surface area contributed by atoms with Gasteiger partial charge in [-0.1, -0.05) is 12.1 Å². The zero-order valence-corrected chi connectivity index (χ0v) is 13.2. The average molecular weight is 319 g/mol. The molecule has 0 saturated heterocycles. The van der Waals surface area contributed by atoms with Crippen molar-refractivity contribution in [3.8, 4) is 11.6 Å². The Morgan fingerprint density at radius 1 is 1.23 bits per heavy atom. The number of nitrogens with zero attached hydrogens (tertiary/aromatic N) is 4. The largest absolute Gasteiger partial charge is 0.438 e. The van der Waals surface area contributed by atoms with Gasteiger partial charge in [-0.15, -0.1) is 0 Å². The molecule has 7 heteroatoms. The lowest BCUT2D eigenvalue weighted by molar-refractivity contribution is 0.281. The summed E-state index contributed by atoms with van der Waals surface area (Å²) < 4.78 is 7.61. The van der Waals surface area contributed by atoms with E-state index in [0.29, 0.717) is 22.7 Å². The molecular formula is C15H15ClN4O2. The number of aliphatic hydroxyl groups is 1. The normalized spacial score (nSPS) is 11.1. The third-order valence-electron chi connectivity index (χ3n) is 3.33. The summed E-state index contributed by atoms with van der Waals surface area (Å²) in [5.74, 6) is 1.06. The molecule has 1 aromatic carbocycles. The first-order valence-electron chi connectivity index (χ1n) is 6.73. The zero-order valence-electron chi connectivity index (χ0n) is 12.5. The lowest BCUT2D eigenvalue weighted by Crippen LogP contribution is -1.97. The highest BCUT2D eigenvalue weighted by Gasteiger charge is 2.15. The van der Waals surface area contributed by atoms with Crippen molar-refractivity contribution in [1.29, 1.82) is 0 Å². The van der Waals surface area contributed by atoms with Crippen molar-refractivity contribution >= 4 is 22.6 Å². The highest BCUT2D eigenvalue weighted by Crippen LogP contribution is 2.32. The Morgan fingerprint density at radius 3 is 2.55 bits per heavy atom. The minimum atomic E-state index is -0.00581. The molecule has 0 fully saturated rings. The first-order chi connectivity index (χ1) is 10.5. The number of benzene rings is 1. The summed E-state index contributed by atoms with van der Waals surface area (Å²) >= 11 is 5.94. The predicted molar refractivity (Wildman–Crippen MR) is 83.2 cm³/mol.